The number of amides is 1. The Hall–Kier alpha value is -2.35. The lowest BCUT2D eigenvalue weighted by atomic mass is 10.1. The first kappa shape index (κ1) is 20.9. The minimum absolute atomic E-state index is 0.237. The lowest BCUT2D eigenvalue weighted by Crippen LogP contribution is -2.13. The summed E-state index contributed by atoms with van der Waals surface area (Å²) in [4.78, 5) is 26.8. The molecule has 0 aliphatic heterocycles. The van der Waals surface area contributed by atoms with Crippen LogP contribution in [0.2, 0.25) is 5.02 Å². The molecule has 8 heteroatoms. The monoisotopic (exact) mass is 461 g/mol. The Balaban J connectivity index is 1.45. The molecule has 30 heavy (non-hydrogen) atoms. The molecule has 0 saturated carbocycles. The fraction of sp³-hybridized carbons (Fsp3) is 0.273. The van der Waals surface area contributed by atoms with Crippen molar-refractivity contribution in [2.45, 2.75) is 32.8 Å². The van der Waals surface area contributed by atoms with Crippen LogP contribution >= 0.6 is 34.3 Å². The Bertz CT molecular complexity index is 1120. The second kappa shape index (κ2) is 8.79. The summed E-state index contributed by atoms with van der Waals surface area (Å²) >= 11 is 8.79. The van der Waals surface area contributed by atoms with Crippen LogP contribution in [0.1, 0.15) is 48.0 Å². The molecule has 1 N–H and O–H groups in total. The number of nitrogens with one attached hydrogen (secondary N) is 1. The number of methoxy groups -OCH3 is 1. The standard InChI is InChI=1S/C22H20ClNO4S2/c1-12-8-14(23)6-7-16(12)28-10-13-9-18(29-11-13)20(25)24-21-19(22(26)27-2)15-4-3-5-17(15)30-21/h6-9,11H,3-5,10H2,1-2H3,(H,24,25). The first-order valence-electron chi connectivity index (χ1n) is 9.47. The van der Waals surface area contributed by atoms with Crippen LogP contribution in [0, 0.1) is 6.92 Å². The highest BCUT2D eigenvalue weighted by Gasteiger charge is 2.28. The molecule has 0 atom stereocenters. The first-order valence-corrected chi connectivity index (χ1v) is 11.5. The van der Waals surface area contributed by atoms with Crippen LogP contribution in [-0.2, 0) is 24.2 Å². The van der Waals surface area contributed by atoms with Gasteiger partial charge < -0.3 is 14.8 Å². The van der Waals surface area contributed by atoms with Crippen LogP contribution in [0.4, 0.5) is 5.00 Å². The number of hydrogen-bond donors (Lipinski definition) is 1. The van der Waals surface area contributed by atoms with Gasteiger partial charge in [0.1, 0.15) is 17.4 Å². The summed E-state index contributed by atoms with van der Waals surface area (Å²) in [5.41, 5.74) is 3.38. The molecule has 4 rings (SSSR count). The molecule has 0 spiro atoms. The van der Waals surface area contributed by atoms with Crippen LogP contribution in [0.3, 0.4) is 0 Å². The van der Waals surface area contributed by atoms with Crippen LogP contribution in [0.25, 0.3) is 0 Å². The summed E-state index contributed by atoms with van der Waals surface area (Å²) in [6, 6.07) is 7.28. The molecule has 1 aromatic carbocycles. The molecule has 0 unspecified atom stereocenters. The van der Waals surface area contributed by atoms with E-state index in [4.69, 9.17) is 21.1 Å². The number of ether oxygens (including phenoxy) is 2. The number of benzene rings is 1. The fourth-order valence-corrected chi connectivity index (χ4v) is 5.77. The van der Waals surface area contributed by atoms with Crippen molar-refractivity contribution in [3.8, 4) is 5.75 Å². The summed E-state index contributed by atoms with van der Waals surface area (Å²) in [7, 11) is 1.36. The largest absolute Gasteiger partial charge is 0.489 e. The molecule has 1 aliphatic rings. The highest BCUT2D eigenvalue weighted by Crippen LogP contribution is 2.39. The van der Waals surface area contributed by atoms with Gasteiger partial charge in [-0.25, -0.2) is 4.79 Å². The van der Waals surface area contributed by atoms with E-state index in [9.17, 15) is 9.59 Å². The summed E-state index contributed by atoms with van der Waals surface area (Å²) in [5, 5.41) is 6.04. The zero-order valence-electron chi connectivity index (χ0n) is 16.5. The molecule has 0 bridgehead atoms. The van der Waals surface area contributed by atoms with Crippen molar-refractivity contribution >= 4 is 51.2 Å². The van der Waals surface area contributed by atoms with Crippen molar-refractivity contribution < 1.29 is 19.1 Å². The van der Waals surface area contributed by atoms with E-state index < -0.39 is 5.97 Å². The van der Waals surface area contributed by atoms with E-state index in [1.54, 1.807) is 6.07 Å². The fourth-order valence-electron chi connectivity index (χ4n) is 3.48. The molecule has 2 aromatic heterocycles. The maximum Gasteiger partial charge on any atom is 0.341 e. The molecule has 0 fully saturated rings. The summed E-state index contributed by atoms with van der Waals surface area (Å²) in [5.74, 6) is 0.120. The average Bonchev–Trinajstić information content (AvgIpc) is 3.43. The van der Waals surface area contributed by atoms with Gasteiger partial charge >= 0.3 is 5.97 Å². The molecule has 1 aliphatic carbocycles. The molecular weight excluding hydrogens is 442 g/mol. The number of hydrogen-bond acceptors (Lipinski definition) is 6. The van der Waals surface area contributed by atoms with Crippen LogP contribution in [0.15, 0.2) is 29.6 Å². The Morgan fingerprint density at radius 3 is 2.83 bits per heavy atom. The number of halogens is 1. The number of thiophene rings is 2. The minimum Gasteiger partial charge on any atom is -0.489 e. The highest BCUT2D eigenvalue weighted by atomic mass is 35.5. The SMILES string of the molecule is COC(=O)c1c(NC(=O)c2cc(COc3ccc(Cl)cc3C)cs2)sc2c1CCC2. The predicted octanol–water partition coefficient (Wildman–Crippen LogP) is 5.88. The maximum absolute atomic E-state index is 12.8. The van der Waals surface area contributed by atoms with E-state index in [1.807, 2.05) is 30.5 Å². The van der Waals surface area contributed by atoms with Crippen LogP contribution in [-0.4, -0.2) is 19.0 Å². The number of rotatable bonds is 6. The van der Waals surface area contributed by atoms with Crippen LogP contribution < -0.4 is 10.1 Å². The highest BCUT2D eigenvalue weighted by molar-refractivity contribution is 7.17. The molecule has 156 valence electrons. The third kappa shape index (κ3) is 4.24. The second-order valence-electron chi connectivity index (χ2n) is 7.02. The van der Waals surface area contributed by atoms with Crippen molar-refractivity contribution in [1.29, 1.82) is 0 Å². The third-order valence-corrected chi connectivity index (χ3v) is 7.37. The summed E-state index contributed by atoms with van der Waals surface area (Å²) in [6.45, 7) is 2.29. The maximum atomic E-state index is 12.8. The summed E-state index contributed by atoms with van der Waals surface area (Å²) in [6.07, 6.45) is 2.81. The first-order chi connectivity index (χ1) is 14.5. The van der Waals surface area contributed by atoms with Gasteiger partial charge in [0.25, 0.3) is 5.91 Å². The molecule has 5 nitrogen and oxygen atoms in total. The van der Waals surface area contributed by atoms with Gasteiger partial charge in [-0.3, -0.25) is 4.79 Å². The Labute approximate surface area is 187 Å². The van der Waals surface area contributed by atoms with E-state index in [1.165, 1.54) is 29.8 Å². The van der Waals surface area contributed by atoms with Gasteiger partial charge in [0.15, 0.2) is 0 Å². The number of carbonyl (C=O) groups is 2. The lowest BCUT2D eigenvalue weighted by Gasteiger charge is -2.08. The Kier molecular flexibility index (Phi) is 6.13. The molecule has 1 amide bonds. The zero-order valence-corrected chi connectivity index (χ0v) is 18.9. The normalized spacial score (nSPS) is 12.5. The summed E-state index contributed by atoms with van der Waals surface area (Å²) < 4.78 is 10.8. The number of anilines is 1. The number of esters is 1. The molecule has 0 radical (unpaired) electrons. The number of carbonyl (C=O) groups excluding carboxylic acids is 2. The average molecular weight is 462 g/mol. The van der Waals surface area contributed by atoms with Crippen molar-refractivity contribution in [3.63, 3.8) is 0 Å². The van der Waals surface area contributed by atoms with Gasteiger partial charge in [-0.05, 0) is 67.0 Å². The van der Waals surface area contributed by atoms with Crippen LogP contribution in [0.5, 0.6) is 5.75 Å². The van der Waals surface area contributed by atoms with E-state index in [2.05, 4.69) is 5.32 Å². The minimum atomic E-state index is -0.400. The van der Waals surface area contributed by atoms with Crippen molar-refractivity contribution in [2.24, 2.45) is 0 Å². The third-order valence-electron chi connectivity index (χ3n) is 4.95. The zero-order chi connectivity index (χ0) is 21.3. The van der Waals surface area contributed by atoms with E-state index in [0.717, 1.165) is 46.6 Å². The van der Waals surface area contributed by atoms with Gasteiger partial charge in [-0.2, -0.15) is 0 Å². The predicted molar refractivity (Wildman–Crippen MR) is 120 cm³/mol. The van der Waals surface area contributed by atoms with Gasteiger partial charge in [-0.15, -0.1) is 22.7 Å². The molecule has 3 aromatic rings. The van der Waals surface area contributed by atoms with E-state index >= 15 is 0 Å². The molecular formula is C22H20ClNO4S2. The van der Waals surface area contributed by atoms with Crippen molar-refractivity contribution in [2.75, 3.05) is 12.4 Å². The van der Waals surface area contributed by atoms with Gasteiger partial charge in [0, 0.05) is 15.5 Å². The smallest absolute Gasteiger partial charge is 0.341 e. The quantitative estimate of drug-likeness (QED) is 0.465. The van der Waals surface area contributed by atoms with Crippen molar-refractivity contribution in [1.82, 2.24) is 0 Å². The second-order valence-corrected chi connectivity index (χ2v) is 9.48. The topological polar surface area (TPSA) is 64.6 Å². The van der Waals surface area contributed by atoms with Gasteiger partial charge in [-0.1, -0.05) is 11.6 Å². The Morgan fingerprint density at radius 1 is 1.23 bits per heavy atom. The van der Waals surface area contributed by atoms with E-state index in [0.29, 0.717) is 27.1 Å². The van der Waals surface area contributed by atoms with E-state index in [-0.39, 0.29) is 5.91 Å². The Morgan fingerprint density at radius 2 is 2.07 bits per heavy atom. The van der Waals surface area contributed by atoms with Gasteiger partial charge in [0.05, 0.1) is 17.6 Å². The lowest BCUT2D eigenvalue weighted by molar-refractivity contribution is 0.0601. The number of fused-ring (bicyclic) bond motifs is 1. The number of aryl methyl sites for hydroxylation is 2. The van der Waals surface area contributed by atoms with Gasteiger partial charge in [0.2, 0.25) is 0 Å². The molecule has 2 heterocycles. The molecule has 0 saturated heterocycles. The van der Waals surface area contributed by atoms with Crippen molar-refractivity contribution in [3.05, 3.63) is 66.7 Å².